The first-order valence-corrected chi connectivity index (χ1v) is 6.71. The molecule has 0 bridgehead atoms. The molecule has 1 aromatic carbocycles. The molecule has 1 aromatic heterocycles. The molecule has 0 aliphatic carbocycles. The van der Waals surface area contributed by atoms with Crippen molar-refractivity contribution in [3.05, 3.63) is 53.5 Å². The van der Waals surface area contributed by atoms with E-state index in [4.69, 9.17) is 13.9 Å². The van der Waals surface area contributed by atoms with E-state index in [2.05, 4.69) is 5.32 Å². The summed E-state index contributed by atoms with van der Waals surface area (Å²) >= 11 is 0. The summed E-state index contributed by atoms with van der Waals surface area (Å²) in [5.41, 5.74) is 1.25. The fourth-order valence-electron chi connectivity index (χ4n) is 1.81. The van der Waals surface area contributed by atoms with Gasteiger partial charge in [-0.25, -0.2) is 4.79 Å². The maximum atomic E-state index is 11.9. The van der Waals surface area contributed by atoms with Gasteiger partial charge in [0.2, 0.25) is 0 Å². The van der Waals surface area contributed by atoms with Crippen LogP contribution in [0.3, 0.4) is 0 Å². The van der Waals surface area contributed by atoms with Crippen LogP contribution in [0.1, 0.15) is 21.7 Å². The zero-order valence-electron chi connectivity index (χ0n) is 12.4. The minimum atomic E-state index is -0.577. The number of furan rings is 1. The molecule has 22 heavy (non-hydrogen) atoms. The minimum Gasteiger partial charge on any atom is -0.496 e. The van der Waals surface area contributed by atoms with Gasteiger partial charge in [0.15, 0.2) is 6.61 Å². The fraction of sp³-hybridized carbons (Fsp3) is 0.250. The molecule has 0 spiro atoms. The SMILES string of the molecule is COc1cc(C(=O)OCC(=O)NCc2ccco2)ccc1C. The van der Waals surface area contributed by atoms with Crippen LogP contribution in [-0.4, -0.2) is 25.6 Å². The molecule has 116 valence electrons. The molecule has 0 atom stereocenters. The number of carbonyl (C=O) groups excluding carboxylic acids is 2. The summed E-state index contributed by atoms with van der Waals surface area (Å²) in [6.07, 6.45) is 1.52. The number of hydrogen-bond donors (Lipinski definition) is 1. The molecule has 2 rings (SSSR count). The van der Waals surface area contributed by atoms with Crippen molar-refractivity contribution in [2.75, 3.05) is 13.7 Å². The topological polar surface area (TPSA) is 77.8 Å². The van der Waals surface area contributed by atoms with Gasteiger partial charge in [0.1, 0.15) is 11.5 Å². The van der Waals surface area contributed by atoms with E-state index in [0.717, 1.165) is 5.56 Å². The number of benzene rings is 1. The van der Waals surface area contributed by atoms with Crippen LogP contribution in [0.15, 0.2) is 41.0 Å². The lowest BCUT2D eigenvalue weighted by molar-refractivity contribution is -0.124. The summed E-state index contributed by atoms with van der Waals surface area (Å²) in [6.45, 7) is 1.77. The molecule has 2 aromatic rings. The second-order valence-electron chi connectivity index (χ2n) is 4.62. The van der Waals surface area contributed by atoms with Crippen molar-refractivity contribution >= 4 is 11.9 Å². The molecule has 6 nitrogen and oxygen atoms in total. The van der Waals surface area contributed by atoms with E-state index in [0.29, 0.717) is 17.1 Å². The Labute approximate surface area is 128 Å². The maximum absolute atomic E-state index is 11.9. The molecule has 1 N–H and O–H groups in total. The van der Waals surface area contributed by atoms with Crippen LogP contribution in [0.5, 0.6) is 5.75 Å². The second kappa shape index (κ2) is 7.31. The van der Waals surface area contributed by atoms with Gasteiger partial charge in [0.05, 0.1) is 25.5 Å². The molecule has 0 unspecified atom stereocenters. The molecule has 1 heterocycles. The summed E-state index contributed by atoms with van der Waals surface area (Å²) in [5, 5.41) is 2.59. The largest absolute Gasteiger partial charge is 0.496 e. The Morgan fingerprint density at radius 3 is 2.77 bits per heavy atom. The Kier molecular flexibility index (Phi) is 5.19. The van der Waals surface area contributed by atoms with Gasteiger partial charge in [-0.15, -0.1) is 0 Å². The second-order valence-corrected chi connectivity index (χ2v) is 4.62. The summed E-state index contributed by atoms with van der Waals surface area (Å²) in [5.74, 6) is 0.245. The van der Waals surface area contributed by atoms with Gasteiger partial charge < -0.3 is 19.2 Å². The fourth-order valence-corrected chi connectivity index (χ4v) is 1.81. The van der Waals surface area contributed by atoms with E-state index in [1.54, 1.807) is 30.3 Å². The standard InChI is InChI=1S/C16H17NO5/c1-11-5-6-12(8-14(11)20-2)16(19)22-10-15(18)17-9-13-4-3-7-21-13/h3-8H,9-10H2,1-2H3,(H,17,18). The Morgan fingerprint density at radius 2 is 2.09 bits per heavy atom. The van der Waals surface area contributed by atoms with Crippen LogP contribution in [0.4, 0.5) is 0 Å². The van der Waals surface area contributed by atoms with Crippen LogP contribution in [0.2, 0.25) is 0 Å². The van der Waals surface area contributed by atoms with E-state index in [9.17, 15) is 9.59 Å². The highest BCUT2D eigenvalue weighted by molar-refractivity contribution is 5.91. The normalized spacial score (nSPS) is 10.1. The summed E-state index contributed by atoms with van der Waals surface area (Å²) < 4.78 is 15.2. The molecule has 0 saturated heterocycles. The lowest BCUT2D eigenvalue weighted by atomic mass is 10.1. The maximum Gasteiger partial charge on any atom is 0.338 e. The molecule has 0 saturated carbocycles. The molecule has 0 aliphatic rings. The van der Waals surface area contributed by atoms with Gasteiger partial charge in [0, 0.05) is 0 Å². The van der Waals surface area contributed by atoms with Gasteiger partial charge in [-0.1, -0.05) is 6.07 Å². The lowest BCUT2D eigenvalue weighted by Gasteiger charge is -2.08. The van der Waals surface area contributed by atoms with Crippen LogP contribution < -0.4 is 10.1 Å². The average Bonchev–Trinajstić information content (AvgIpc) is 3.04. The van der Waals surface area contributed by atoms with E-state index in [1.165, 1.54) is 13.4 Å². The van der Waals surface area contributed by atoms with Crippen molar-refractivity contribution in [1.29, 1.82) is 0 Å². The van der Waals surface area contributed by atoms with Crippen molar-refractivity contribution in [3.63, 3.8) is 0 Å². The summed E-state index contributed by atoms with van der Waals surface area (Å²) in [7, 11) is 1.53. The Hall–Kier alpha value is -2.76. The third kappa shape index (κ3) is 4.12. The molecular formula is C16H17NO5. The lowest BCUT2D eigenvalue weighted by Crippen LogP contribution is -2.28. The Balaban J connectivity index is 1.83. The van der Waals surface area contributed by atoms with Crippen LogP contribution in [0.25, 0.3) is 0 Å². The molecule has 0 aliphatic heterocycles. The van der Waals surface area contributed by atoms with Crippen molar-refractivity contribution < 1.29 is 23.5 Å². The number of hydrogen-bond acceptors (Lipinski definition) is 5. The predicted octanol–water partition coefficient (Wildman–Crippen LogP) is 2.07. The molecule has 0 radical (unpaired) electrons. The quantitative estimate of drug-likeness (QED) is 0.827. The van der Waals surface area contributed by atoms with Crippen LogP contribution >= 0.6 is 0 Å². The monoisotopic (exact) mass is 303 g/mol. The molecule has 1 amide bonds. The van der Waals surface area contributed by atoms with Gasteiger partial charge in [-0.2, -0.15) is 0 Å². The third-order valence-electron chi connectivity index (χ3n) is 3.02. The van der Waals surface area contributed by atoms with Crippen molar-refractivity contribution in [3.8, 4) is 5.75 Å². The average molecular weight is 303 g/mol. The highest BCUT2D eigenvalue weighted by atomic mass is 16.5. The third-order valence-corrected chi connectivity index (χ3v) is 3.02. The van der Waals surface area contributed by atoms with Gasteiger partial charge >= 0.3 is 5.97 Å². The number of ether oxygens (including phenoxy) is 2. The number of esters is 1. The zero-order valence-corrected chi connectivity index (χ0v) is 12.4. The Bertz CT molecular complexity index is 649. The van der Waals surface area contributed by atoms with Gasteiger partial charge in [-0.3, -0.25) is 4.79 Å². The van der Waals surface area contributed by atoms with E-state index >= 15 is 0 Å². The van der Waals surface area contributed by atoms with Crippen molar-refractivity contribution in [2.45, 2.75) is 13.5 Å². The van der Waals surface area contributed by atoms with Crippen LogP contribution in [-0.2, 0) is 16.1 Å². The first-order chi connectivity index (χ1) is 10.6. The first-order valence-electron chi connectivity index (χ1n) is 6.71. The number of amides is 1. The number of aryl methyl sites for hydroxylation is 1. The van der Waals surface area contributed by atoms with E-state index < -0.39 is 11.9 Å². The van der Waals surface area contributed by atoms with Gasteiger partial charge in [-0.05, 0) is 36.8 Å². The van der Waals surface area contributed by atoms with Crippen molar-refractivity contribution in [2.24, 2.45) is 0 Å². The zero-order chi connectivity index (χ0) is 15.9. The number of rotatable bonds is 6. The highest BCUT2D eigenvalue weighted by Crippen LogP contribution is 2.19. The smallest absolute Gasteiger partial charge is 0.338 e. The Morgan fingerprint density at radius 1 is 1.27 bits per heavy atom. The van der Waals surface area contributed by atoms with E-state index in [1.807, 2.05) is 6.92 Å². The number of methoxy groups -OCH3 is 1. The highest BCUT2D eigenvalue weighted by Gasteiger charge is 2.12. The van der Waals surface area contributed by atoms with Gasteiger partial charge in [0.25, 0.3) is 5.91 Å². The predicted molar refractivity (Wildman–Crippen MR) is 78.6 cm³/mol. The van der Waals surface area contributed by atoms with Crippen LogP contribution in [0, 0.1) is 6.92 Å². The summed E-state index contributed by atoms with van der Waals surface area (Å²) in [6, 6.07) is 8.43. The van der Waals surface area contributed by atoms with E-state index in [-0.39, 0.29) is 13.2 Å². The van der Waals surface area contributed by atoms with Crippen molar-refractivity contribution in [1.82, 2.24) is 5.32 Å². The number of nitrogens with one attached hydrogen (secondary N) is 1. The first kappa shape index (κ1) is 15.6. The minimum absolute atomic E-state index is 0.252. The summed E-state index contributed by atoms with van der Waals surface area (Å²) in [4.78, 5) is 23.5. The molecule has 6 heteroatoms. The number of carbonyl (C=O) groups is 2. The molecular weight excluding hydrogens is 286 g/mol. The molecule has 0 fully saturated rings.